The highest BCUT2D eigenvalue weighted by Gasteiger charge is 2.38. The number of carbonyl (C=O) groups excluding carboxylic acids is 1. The first-order valence-corrected chi connectivity index (χ1v) is 11.8. The monoisotopic (exact) mass is 509 g/mol. The van der Waals surface area contributed by atoms with Crippen molar-refractivity contribution in [2.75, 3.05) is 6.61 Å². The maximum absolute atomic E-state index is 14.2. The molecular weight excluding hydrogens is 484 g/mol. The maximum Gasteiger partial charge on any atom is 0.513 e. The van der Waals surface area contributed by atoms with Crippen molar-refractivity contribution >= 4 is 13.7 Å². The first-order chi connectivity index (χ1) is 15.7. The van der Waals surface area contributed by atoms with Crippen LogP contribution in [0.3, 0.4) is 0 Å². The van der Waals surface area contributed by atoms with Gasteiger partial charge in [0.15, 0.2) is 0 Å². The second-order valence-electron chi connectivity index (χ2n) is 8.37. The Labute approximate surface area is 194 Å². The number of benzene rings is 2. The standard InChI is InChI=1S/C22H25F5NO5P/c1-6-11-31-21(29)12(2)28-34(30,32-14-9-7-13(8-10-14)22(3,4)5)33-20-18(26)16(24)15(23)17(25)19(20)27/h7-10,12H,6,11H2,1-5H3,(H,28,30)/t12-,34?/m0/s1. The largest absolute Gasteiger partial charge is 0.513 e. The van der Waals surface area contributed by atoms with Gasteiger partial charge in [-0.15, -0.1) is 0 Å². The highest BCUT2D eigenvalue weighted by atomic mass is 31.2. The molecule has 0 heterocycles. The van der Waals surface area contributed by atoms with Gasteiger partial charge in [0, 0.05) is 0 Å². The van der Waals surface area contributed by atoms with Crippen molar-refractivity contribution in [3.8, 4) is 11.5 Å². The van der Waals surface area contributed by atoms with Gasteiger partial charge in [-0.25, -0.2) is 17.7 Å². The minimum Gasteiger partial charge on any atom is -0.465 e. The summed E-state index contributed by atoms with van der Waals surface area (Å²) in [5.41, 5.74) is 0.615. The van der Waals surface area contributed by atoms with Gasteiger partial charge in [-0.1, -0.05) is 39.8 Å². The van der Waals surface area contributed by atoms with E-state index < -0.39 is 54.6 Å². The number of rotatable bonds is 9. The van der Waals surface area contributed by atoms with E-state index in [0.717, 1.165) is 5.56 Å². The Bertz CT molecular complexity index is 1060. The van der Waals surface area contributed by atoms with Gasteiger partial charge in [0.05, 0.1) is 6.61 Å². The zero-order valence-electron chi connectivity index (χ0n) is 19.2. The third-order valence-electron chi connectivity index (χ3n) is 4.48. The van der Waals surface area contributed by atoms with Gasteiger partial charge in [0.2, 0.25) is 34.8 Å². The van der Waals surface area contributed by atoms with Gasteiger partial charge in [-0.2, -0.15) is 13.9 Å². The van der Waals surface area contributed by atoms with Gasteiger partial charge < -0.3 is 13.8 Å². The second kappa shape index (κ2) is 10.7. The van der Waals surface area contributed by atoms with Crippen LogP contribution in [0, 0.1) is 29.1 Å². The van der Waals surface area contributed by atoms with Crippen LogP contribution >= 0.6 is 7.75 Å². The average Bonchev–Trinajstić information content (AvgIpc) is 2.77. The van der Waals surface area contributed by atoms with Crippen molar-refractivity contribution in [2.24, 2.45) is 0 Å². The lowest BCUT2D eigenvalue weighted by molar-refractivity contribution is -0.145. The number of nitrogens with one attached hydrogen (secondary N) is 1. The molecule has 0 aliphatic rings. The van der Waals surface area contributed by atoms with Crippen molar-refractivity contribution in [3.05, 3.63) is 58.9 Å². The van der Waals surface area contributed by atoms with Crippen molar-refractivity contribution in [1.29, 1.82) is 0 Å². The normalized spacial score (nSPS) is 14.3. The summed E-state index contributed by atoms with van der Waals surface area (Å²) >= 11 is 0. The molecule has 1 unspecified atom stereocenters. The van der Waals surface area contributed by atoms with E-state index in [2.05, 4.69) is 5.09 Å². The molecule has 2 atom stereocenters. The maximum atomic E-state index is 14.2. The number of hydrogen-bond acceptors (Lipinski definition) is 5. The predicted molar refractivity (Wildman–Crippen MR) is 114 cm³/mol. The fraction of sp³-hybridized carbons (Fsp3) is 0.409. The van der Waals surface area contributed by atoms with E-state index in [1.165, 1.54) is 19.1 Å². The third kappa shape index (κ3) is 6.48. The number of ether oxygens (including phenoxy) is 1. The van der Waals surface area contributed by atoms with Crippen LogP contribution in [0.5, 0.6) is 11.5 Å². The fourth-order valence-corrected chi connectivity index (χ4v) is 4.15. The van der Waals surface area contributed by atoms with Gasteiger partial charge in [-0.3, -0.25) is 4.79 Å². The number of esters is 1. The summed E-state index contributed by atoms with van der Waals surface area (Å²) in [7, 11) is -4.96. The molecule has 2 aromatic rings. The highest BCUT2D eigenvalue weighted by Crippen LogP contribution is 2.47. The highest BCUT2D eigenvalue weighted by molar-refractivity contribution is 7.52. The number of hydrogen-bond donors (Lipinski definition) is 1. The van der Waals surface area contributed by atoms with Gasteiger partial charge in [0.25, 0.3) is 0 Å². The number of halogens is 5. The lowest BCUT2D eigenvalue weighted by Gasteiger charge is -2.24. The SMILES string of the molecule is CCCOC(=O)[C@H](C)NP(=O)(Oc1ccc(C(C)(C)C)cc1)Oc1c(F)c(F)c(F)c(F)c1F. The van der Waals surface area contributed by atoms with Gasteiger partial charge >= 0.3 is 13.7 Å². The Morgan fingerprint density at radius 1 is 0.941 bits per heavy atom. The summed E-state index contributed by atoms with van der Waals surface area (Å²) < 4.78 is 97.3. The molecule has 6 nitrogen and oxygen atoms in total. The Kier molecular flexibility index (Phi) is 8.71. The second-order valence-corrected chi connectivity index (χ2v) is 9.99. The molecule has 1 N–H and O–H groups in total. The van der Waals surface area contributed by atoms with Crippen molar-refractivity contribution in [1.82, 2.24) is 5.09 Å². The van der Waals surface area contributed by atoms with Crippen LogP contribution in [0.4, 0.5) is 22.0 Å². The van der Waals surface area contributed by atoms with Crippen molar-refractivity contribution in [3.63, 3.8) is 0 Å². The van der Waals surface area contributed by atoms with Crippen LogP contribution in [0.2, 0.25) is 0 Å². The molecule has 34 heavy (non-hydrogen) atoms. The average molecular weight is 509 g/mol. The number of carbonyl (C=O) groups is 1. The molecule has 2 rings (SSSR count). The first-order valence-electron chi connectivity index (χ1n) is 10.3. The van der Waals surface area contributed by atoms with Crippen LogP contribution < -0.4 is 14.1 Å². The predicted octanol–water partition coefficient (Wildman–Crippen LogP) is 6.18. The molecule has 0 aliphatic carbocycles. The van der Waals surface area contributed by atoms with E-state index in [9.17, 15) is 31.3 Å². The third-order valence-corrected chi connectivity index (χ3v) is 6.06. The van der Waals surface area contributed by atoms with E-state index >= 15 is 0 Å². The van der Waals surface area contributed by atoms with Crippen LogP contribution in [0.15, 0.2) is 24.3 Å². The zero-order chi connectivity index (χ0) is 25.8. The molecule has 0 aromatic heterocycles. The molecule has 0 aliphatic heterocycles. The first kappa shape index (κ1) is 27.6. The van der Waals surface area contributed by atoms with Crippen LogP contribution in [0.25, 0.3) is 0 Å². The van der Waals surface area contributed by atoms with E-state index in [0.29, 0.717) is 6.42 Å². The van der Waals surface area contributed by atoms with E-state index in [1.54, 1.807) is 19.1 Å². The Morgan fingerprint density at radius 3 is 1.91 bits per heavy atom. The van der Waals surface area contributed by atoms with Crippen molar-refractivity contribution < 1.29 is 45.1 Å². The molecule has 0 saturated heterocycles. The molecule has 2 aromatic carbocycles. The summed E-state index contributed by atoms with van der Waals surface area (Å²) in [5.74, 6) is -14.6. The topological polar surface area (TPSA) is 73.9 Å². The fourth-order valence-electron chi connectivity index (χ4n) is 2.63. The molecule has 0 amide bonds. The minimum atomic E-state index is -4.96. The summed E-state index contributed by atoms with van der Waals surface area (Å²) in [6.45, 7) is 8.76. The molecule has 0 radical (unpaired) electrons. The molecule has 0 fully saturated rings. The van der Waals surface area contributed by atoms with E-state index in [-0.39, 0.29) is 17.8 Å². The molecule has 0 saturated carbocycles. The zero-order valence-corrected chi connectivity index (χ0v) is 20.1. The summed E-state index contributed by atoms with van der Waals surface area (Å²) in [6, 6.07) is 4.59. The lowest BCUT2D eigenvalue weighted by Crippen LogP contribution is -2.36. The minimum absolute atomic E-state index is 0.0305. The van der Waals surface area contributed by atoms with Crippen LogP contribution in [-0.2, 0) is 19.5 Å². The lowest BCUT2D eigenvalue weighted by atomic mass is 9.87. The van der Waals surface area contributed by atoms with Gasteiger partial charge in [-0.05, 0) is 36.5 Å². The van der Waals surface area contributed by atoms with E-state index in [4.69, 9.17) is 13.8 Å². The summed E-state index contributed by atoms with van der Waals surface area (Å²) in [6.07, 6.45) is 0.480. The Hall–Kier alpha value is -2.65. The van der Waals surface area contributed by atoms with Gasteiger partial charge in [0.1, 0.15) is 11.8 Å². The van der Waals surface area contributed by atoms with Crippen molar-refractivity contribution in [2.45, 2.75) is 52.5 Å². The van der Waals surface area contributed by atoms with E-state index in [1.807, 2.05) is 20.8 Å². The molecule has 0 spiro atoms. The molecule has 188 valence electrons. The quantitative estimate of drug-likeness (QED) is 0.143. The Morgan fingerprint density at radius 2 is 1.44 bits per heavy atom. The molecule has 0 bridgehead atoms. The Balaban J connectivity index is 2.46. The van der Waals surface area contributed by atoms with Crippen LogP contribution in [0.1, 0.15) is 46.6 Å². The molecular formula is C22H25F5NO5P. The summed E-state index contributed by atoms with van der Waals surface area (Å²) in [5, 5.41) is 2.12. The molecule has 12 heteroatoms. The summed E-state index contributed by atoms with van der Waals surface area (Å²) in [4.78, 5) is 12.1. The van der Waals surface area contributed by atoms with Crippen LogP contribution in [-0.4, -0.2) is 18.6 Å². The smallest absolute Gasteiger partial charge is 0.465 e.